The van der Waals surface area contributed by atoms with E-state index in [1.165, 1.54) is 38.1 Å². The summed E-state index contributed by atoms with van der Waals surface area (Å²) in [6.45, 7) is 9.32. The number of carbonyl (C=O) groups is 5. The summed E-state index contributed by atoms with van der Waals surface area (Å²) in [6, 6.07) is 26.2. The number of rotatable bonds is 8. The molecule has 10 rings (SSSR count). The molecule has 71 heavy (non-hydrogen) atoms. The van der Waals surface area contributed by atoms with Gasteiger partial charge in [0.15, 0.2) is 0 Å². The molecule has 372 valence electrons. The fourth-order valence-corrected chi connectivity index (χ4v) is 10.6. The molecule has 4 fully saturated rings. The standard InChI is InChI=1S/C29H32FN3O6.C24H24FN3O4/c1-17(34)38-24-15-33(28(36)39-29(2,3)4)25-22(21-13-31-23-12-19(30)10-11-20(21)23)14-32(26(24)25)27(35)37-16-18-8-6-5-7-9-18;1-14(29)32-21-11-27-22-19(18-10-26-20-9-16(25)7-8-17(18)20)12-28(23(21)22)24(30)31-13-15-5-3-2-4-6-15/h5-13,22,24-26,31H,14-16H2,1-4H3;2-10,19,21-23,26-27H,11-13H2,1H3/t22-,24+,25+,26+;19-,21+,22+,23+/m00/s1. The van der Waals surface area contributed by atoms with Crippen molar-refractivity contribution in [3.8, 4) is 0 Å². The van der Waals surface area contributed by atoms with Crippen LogP contribution in [0.3, 0.4) is 0 Å². The van der Waals surface area contributed by atoms with Gasteiger partial charge in [0.2, 0.25) is 0 Å². The van der Waals surface area contributed by atoms with Crippen molar-refractivity contribution in [2.75, 3.05) is 26.2 Å². The maximum atomic E-state index is 13.9. The third-order valence-corrected chi connectivity index (χ3v) is 13.4. The van der Waals surface area contributed by atoms with Gasteiger partial charge in [-0.05, 0) is 79.4 Å². The summed E-state index contributed by atoms with van der Waals surface area (Å²) in [5.74, 6) is -2.04. The minimum atomic E-state index is -0.781. The van der Waals surface area contributed by atoms with Gasteiger partial charge in [-0.2, -0.15) is 0 Å². The van der Waals surface area contributed by atoms with Crippen molar-refractivity contribution < 1.29 is 56.4 Å². The number of esters is 2. The van der Waals surface area contributed by atoms with Gasteiger partial charge in [0.25, 0.3) is 0 Å². The predicted octanol–water partition coefficient (Wildman–Crippen LogP) is 8.28. The first-order chi connectivity index (χ1) is 34.0. The van der Waals surface area contributed by atoms with Crippen LogP contribution in [0.25, 0.3) is 21.8 Å². The van der Waals surface area contributed by atoms with Crippen LogP contribution in [0.2, 0.25) is 0 Å². The van der Waals surface area contributed by atoms with Gasteiger partial charge in [-0.3, -0.25) is 24.3 Å². The molecule has 0 radical (unpaired) electrons. The number of ether oxygens (including phenoxy) is 5. The summed E-state index contributed by atoms with van der Waals surface area (Å²) in [6.07, 6.45) is 0.806. The van der Waals surface area contributed by atoms with Crippen LogP contribution in [0, 0.1) is 11.6 Å². The first kappa shape index (κ1) is 48.5. The van der Waals surface area contributed by atoms with Crippen LogP contribution in [0.15, 0.2) is 109 Å². The lowest BCUT2D eigenvalue weighted by molar-refractivity contribution is -0.148. The van der Waals surface area contributed by atoms with Gasteiger partial charge in [-0.1, -0.05) is 60.7 Å². The number of likely N-dealkylation sites (tertiary alicyclic amines) is 3. The van der Waals surface area contributed by atoms with E-state index in [4.69, 9.17) is 23.7 Å². The number of aromatic nitrogens is 2. The maximum absolute atomic E-state index is 13.9. The Hall–Kier alpha value is -7.47. The van der Waals surface area contributed by atoms with Crippen LogP contribution in [-0.2, 0) is 46.5 Å². The number of halogens is 2. The molecule has 8 atom stereocenters. The Bertz CT molecular complexity index is 2920. The van der Waals surface area contributed by atoms with E-state index in [1.54, 1.807) is 53.8 Å². The highest BCUT2D eigenvalue weighted by Crippen LogP contribution is 2.45. The quantitative estimate of drug-likeness (QED) is 0.0985. The number of H-pyrrole nitrogens is 2. The zero-order valence-electron chi connectivity index (χ0n) is 39.9. The number of nitrogens with zero attached hydrogens (tertiary/aromatic N) is 3. The van der Waals surface area contributed by atoms with E-state index in [9.17, 15) is 32.8 Å². The fraction of sp³-hybridized carbons (Fsp3) is 0.377. The third-order valence-electron chi connectivity index (χ3n) is 13.4. The van der Waals surface area contributed by atoms with Crippen LogP contribution in [0.4, 0.5) is 23.2 Å². The molecule has 0 aliphatic carbocycles. The molecule has 0 unspecified atom stereocenters. The Morgan fingerprint density at radius 1 is 0.592 bits per heavy atom. The van der Waals surface area contributed by atoms with Gasteiger partial charge >= 0.3 is 30.2 Å². The van der Waals surface area contributed by atoms with Crippen LogP contribution in [-0.4, -0.2) is 123 Å². The number of nitrogens with one attached hydrogen (secondary N) is 3. The monoisotopic (exact) mass is 974 g/mol. The van der Waals surface area contributed by atoms with Crippen LogP contribution < -0.4 is 5.32 Å². The normalized spacial score (nSPS) is 23.5. The molecule has 0 saturated carbocycles. The molecule has 2 aromatic heterocycles. The average molecular weight is 975 g/mol. The lowest BCUT2D eigenvalue weighted by Gasteiger charge is -2.30. The van der Waals surface area contributed by atoms with Gasteiger partial charge in [-0.15, -0.1) is 0 Å². The average Bonchev–Trinajstić information content (AvgIpc) is 4.20. The molecular formula is C53H56F2N6O10. The van der Waals surface area contributed by atoms with Crippen molar-refractivity contribution in [1.29, 1.82) is 0 Å². The molecule has 4 aliphatic rings. The van der Waals surface area contributed by atoms with Crippen molar-refractivity contribution in [3.63, 3.8) is 0 Å². The second-order valence-electron chi connectivity index (χ2n) is 19.3. The molecule has 3 N–H and O–H groups in total. The topological polar surface area (TPSA) is 185 Å². The lowest BCUT2D eigenvalue weighted by Crippen LogP contribution is -2.46. The summed E-state index contributed by atoms with van der Waals surface area (Å²) in [5, 5.41) is 5.12. The summed E-state index contributed by atoms with van der Waals surface area (Å²) < 4.78 is 55.7. The van der Waals surface area contributed by atoms with E-state index < -0.39 is 54.1 Å². The van der Waals surface area contributed by atoms with Crippen molar-refractivity contribution in [3.05, 3.63) is 143 Å². The van der Waals surface area contributed by atoms with E-state index in [0.29, 0.717) is 24.1 Å². The second-order valence-corrected chi connectivity index (χ2v) is 19.3. The molecule has 0 spiro atoms. The molecule has 6 heterocycles. The number of amides is 3. The number of hydrogen-bond acceptors (Lipinski definition) is 11. The molecule has 6 aromatic rings. The predicted molar refractivity (Wildman–Crippen MR) is 256 cm³/mol. The van der Waals surface area contributed by atoms with E-state index in [2.05, 4.69) is 15.3 Å². The summed E-state index contributed by atoms with van der Waals surface area (Å²) >= 11 is 0. The number of fused-ring (bicyclic) bond motifs is 4. The van der Waals surface area contributed by atoms with Gasteiger partial charge in [0, 0.05) is 85.6 Å². The van der Waals surface area contributed by atoms with E-state index in [1.807, 2.05) is 66.9 Å². The molecular weight excluding hydrogens is 919 g/mol. The smallest absolute Gasteiger partial charge is 0.410 e. The number of hydrogen-bond donors (Lipinski definition) is 3. The summed E-state index contributed by atoms with van der Waals surface area (Å²) in [5.41, 5.74) is 4.08. The first-order valence-corrected chi connectivity index (χ1v) is 23.6. The van der Waals surface area contributed by atoms with Gasteiger partial charge < -0.3 is 39.0 Å². The largest absolute Gasteiger partial charge is 0.459 e. The van der Waals surface area contributed by atoms with Crippen LogP contribution in [0.1, 0.15) is 68.7 Å². The SMILES string of the molecule is CC(=O)O[C@@H]1CN(C(=O)OC(C)(C)C)[C@H]2[C@@H]1N(C(=O)OCc1ccccc1)C[C@H]2c1c[nH]c2cc(F)ccc12.CC(=O)O[C@@H]1CN[C@H]2[C@@H]1N(C(=O)OCc1ccccc1)C[C@H]2c1c[nH]c2cc(F)ccc12. The maximum Gasteiger partial charge on any atom is 0.410 e. The third kappa shape index (κ3) is 10.4. The Balaban J connectivity index is 0.000000179. The highest BCUT2D eigenvalue weighted by atomic mass is 19.1. The fourth-order valence-electron chi connectivity index (χ4n) is 10.6. The molecule has 18 heteroatoms. The number of aromatic amines is 2. The second kappa shape index (κ2) is 20.1. The molecule has 4 saturated heterocycles. The van der Waals surface area contributed by atoms with Gasteiger partial charge in [0.1, 0.15) is 42.7 Å². The lowest BCUT2D eigenvalue weighted by atomic mass is 9.91. The molecule has 4 aliphatic heterocycles. The molecule has 16 nitrogen and oxygen atoms in total. The van der Waals surface area contributed by atoms with Crippen molar-refractivity contribution in [2.24, 2.45) is 0 Å². The zero-order valence-corrected chi connectivity index (χ0v) is 39.9. The van der Waals surface area contributed by atoms with Crippen LogP contribution in [0.5, 0.6) is 0 Å². The summed E-state index contributed by atoms with van der Waals surface area (Å²) in [7, 11) is 0. The van der Waals surface area contributed by atoms with E-state index in [0.717, 1.165) is 33.0 Å². The minimum absolute atomic E-state index is 0.0553. The summed E-state index contributed by atoms with van der Waals surface area (Å²) in [4.78, 5) is 74.7. The Morgan fingerprint density at radius 2 is 1.07 bits per heavy atom. The van der Waals surface area contributed by atoms with Crippen LogP contribution >= 0.6 is 0 Å². The van der Waals surface area contributed by atoms with Gasteiger partial charge in [-0.25, -0.2) is 23.2 Å². The minimum Gasteiger partial charge on any atom is -0.459 e. The number of benzene rings is 4. The van der Waals surface area contributed by atoms with E-state index in [-0.39, 0.29) is 67.8 Å². The first-order valence-electron chi connectivity index (χ1n) is 23.6. The van der Waals surface area contributed by atoms with E-state index >= 15 is 0 Å². The van der Waals surface area contributed by atoms with Gasteiger partial charge in [0.05, 0.1) is 24.7 Å². The molecule has 3 amide bonds. The van der Waals surface area contributed by atoms with Crippen molar-refractivity contribution in [1.82, 2.24) is 30.0 Å². The highest BCUT2D eigenvalue weighted by molar-refractivity contribution is 5.86. The number of carbonyl (C=O) groups excluding carboxylic acids is 5. The zero-order chi connectivity index (χ0) is 50.1. The van der Waals surface area contributed by atoms with Crippen molar-refractivity contribution >= 4 is 52.0 Å². The highest BCUT2D eigenvalue weighted by Gasteiger charge is 2.60. The Kier molecular flexibility index (Phi) is 13.7. The Labute approximate surface area is 408 Å². The van der Waals surface area contributed by atoms with Crippen molar-refractivity contribution in [2.45, 2.75) is 102 Å². The Morgan fingerprint density at radius 3 is 1.59 bits per heavy atom. The molecule has 0 bridgehead atoms. The molecule has 4 aromatic carbocycles.